The Kier molecular flexibility index (Phi) is 5.53. The summed E-state index contributed by atoms with van der Waals surface area (Å²) < 4.78 is 10.6. The van der Waals surface area contributed by atoms with E-state index in [2.05, 4.69) is 10.5 Å². The van der Waals surface area contributed by atoms with Crippen LogP contribution in [0.4, 0.5) is 0 Å². The first-order valence-corrected chi connectivity index (χ1v) is 8.02. The number of carbonyl (C=O) groups excluding carboxylic acids is 2. The van der Waals surface area contributed by atoms with Gasteiger partial charge in [0.15, 0.2) is 11.5 Å². The summed E-state index contributed by atoms with van der Waals surface area (Å²) in [5, 5.41) is 12.4. The Morgan fingerprint density at radius 2 is 1.85 bits per heavy atom. The number of carbonyl (C=O) groups is 2. The summed E-state index contributed by atoms with van der Waals surface area (Å²) in [6.07, 6.45) is 4.22. The third-order valence-electron chi connectivity index (χ3n) is 3.84. The van der Waals surface area contributed by atoms with Gasteiger partial charge < -0.3 is 9.47 Å². The van der Waals surface area contributed by atoms with E-state index in [1.165, 1.54) is 17.6 Å². The van der Waals surface area contributed by atoms with E-state index in [1.807, 2.05) is 13.9 Å². The first-order chi connectivity index (χ1) is 13.1. The number of amides is 2. The lowest BCUT2D eigenvalue weighted by molar-refractivity contribution is -0.124. The number of hydrogen-bond acceptors (Lipinski definition) is 6. The smallest absolute Gasteiger partial charge is 0.271 e. The molecule has 9 heteroatoms. The van der Waals surface area contributed by atoms with Crippen molar-refractivity contribution in [2.24, 2.45) is 5.10 Å². The molecule has 1 aliphatic heterocycles. The molecule has 0 aromatic heterocycles. The van der Waals surface area contributed by atoms with Crippen LogP contribution in [0.15, 0.2) is 47.6 Å². The molecule has 27 heavy (non-hydrogen) atoms. The normalized spacial score (nSPS) is 12.5. The number of fused-ring (bicyclic) bond motifs is 1. The lowest BCUT2D eigenvalue weighted by Crippen LogP contribution is -2.18. The van der Waals surface area contributed by atoms with Gasteiger partial charge in [0.05, 0.1) is 6.21 Å². The molecule has 0 bridgehead atoms. The van der Waals surface area contributed by atoms with E-state index in [0.717, 1.165) is 11.0 Å². The number of hydrogen-bond donors (Lipinski definition) is 3. The van der Waals surface area contributed by atoms with Gasteiger partial charge in [-0.25, -0.2) is 10.9 Å². The number of benzene rings is 2. The van der Waals surface area contributed by atoms with Gasteiger partial charge in [0.1, 0.15) is 7.85 Å². The summed E-state index contributed by atoms with van der Waals surface area (Å²) in [5.41, 5.74) is 6.83. The second kappa shape index (κ2) is 8.20. The summed E-state index contributed by atoms with van der Waals surface area (Å²) in [6.45, 7) is 0.196. The first kappa shape index (κ1) is 18.2. The minimum atomic E-state index is -0.634. The molecule has 136 valence electrons. The van der Waals surface area contributed by atoms with Crippen molar-refractivity contribution in [3.63, 3.8) is 0 Å². The molecule has 2 aromatic rings. The average Bonchev–Trinajstić information content (AvgIpc) is 3.13. The van der Waals surface area contributed by atoms with Gasteiger partial charge >= 0.3 is 0 Å². The minimum Gasteiger partial charge on any atom is -0.454 e. The average molecular weight is 365 g/mol. The SMILES string of the molecule is Bc1cc2c(cc1/C=N/NC(=O)c1ccc(/C=C/C(=O)NO)cc1)OCO2. The van der Waals surface area contributed by atoms with E-state index in [0.29, 0.717) is 22.6 Å². The van der Waals surface area contributed by atoms with Crippen molar-refractivity contribution in [2.75, 3.05) is 6.79 Å². The van der Waals surface area contributed by atoms with Crippen LogP contribution in [0.1, 0.15) is 21.5 Å². The molecule has 0 atom stereocenters. The molecular weight excluding hydrogens is 349 g/mol. The van der Waals surface area contributed by atoms with Crippen LogP contribution in [-0.2, 0) is 4.79 Å². The Balaban J connectivity index is 1.61. The summed E-state index contributed by atoms with van der Waals surface area (Å²) in [5.74, 6) is 0.337. The quantitative estimate of drug-likeness (QED) is 0.226. The van der Waals surface area contributed by atoms with Crippen molar-refractivity contribution in [1.82, 2.24) is 10.9 Å². The topological polar surface area (TPSA) is 109 Å². The van der Waals surface area contributed by atoms with Gasteiger partial charge in [0.2, 0.25) is 6.79 Å². The van der Waals surface area contributed by atoms with Crippen LogP contribution >= 0.6 is 0 Å². The Bertz CT molecular complexity index is 925. The molecule has 3 rings (SSSR count). The minimum absolute atomic E-state index is 0.196. The molecule has 0 radical (unpaired) electrons. The van der Waals surface area contributed by atoms with Crippen molar-refractivity contribution in [1.29, 1.82) is 0 Å². The maximum Gasteiger partial charge on any atom is 0.271 e. The van der Waals surface area contributed by atoms with Crippen LogP contribution in [0.25, 0.3) is 6.08 Å². The van der Waals surface area contributed by atoms with E-state index in [4.69, 9.17) is 14.7 Å². The van der Waals surface area contributed by atoms with Crippen LogP contribution < -0.4 is 25.8 Å². The van der Waals surface area contributed by atoms with E-state index in [1.54, 1.807) is 36.5 Å². The molecule has 0 aliphatic carbocycles. The third-order valence-corrected chi connectivity index (χ3v) is 3.84. The summed E-state index contributed by atoms with van der Waals surface area (Å²) in [6, 6.07) is 10.2. The van der Waals surface area contributed by atoms with Gasteiger partial charge in [0, 0.05) is 11.6 Å². The molecule has 2 amide bonds. The number of hydroxylamine groups is 1. The van der Waals surface area contributed by atoms with E-state index < -0.39 is 5.91 Å². The molecular formula is C18H16BN3O5. The van der Waals surface area contributed by atoms with Crippen molar-refractivity contribution in [3.05, 3.63) is 59.2 Å². The van der Waals surface area contributed by atoms with Gasteiger partial charge in [0.25, 0.3) is 11.8 Å². The monoisotopic (exact) mass is 365 g/mol. The highest BCUT2D eigenvalue weighted by atomic mass is 16.7. The molecule has 0 saturated carbocycles. The number of hydrazone groups is 1. The van der Waals surface area contributed by atoms with Crippen LogP contribution in [-0.4, -0.2) is 37.9 Å². The lowest BCUT2D eigenvalue weighted by atomic mass is 9.90. The number of nitrogens with zero attached hydrogens (tertiary/aromatic N) is 1. The van der Waals surface area contributed by atoms with E-state index in [-0.39, 0.29) is 12.7 Å². The van der Waals surface area contributed by atoms with Gasteiger partial charge in [-0.2, -0.15) is 5.10 Å². The first-order valence-electron chi connectivity index (χ1n) is 8.02. The summed E-state index contributed by atoms with van der Waals surface area (Å²) >= 11 is 0. The van der Waals surface area contributed by atoms with Crippen molar-refractivity contribution in [2.45, 2.75) is 0 Å². The van der Waals surface area contributed by atoms with Gasteiger partial charge in [-0.05, 0) is 41.5 Å². The van der Waals surface area contributed by atoms with Crippen LogP contribution in [0.2, 0.25) is 0 Å². The molecule has 2 aromatic carbocycles. The second-order valence-electron chi connectivity index (χ2n) is 5.69. The van der Waals surface area contributed by atoms with E-state index in [9.17, 15) is 9.59 Å². The molecule has 0 saturated heterocycles. The van der Waals surface area contributed by atoms with Gasteiger partial charge in [-0.3, -0.25) is 14.8 Å². The fraction of sp³-hybridized carbons (Fsp3) is 0.0556. The largest absolute Gasteiger partial charge is 0.454 e. The summed E-state index contributed by atoms with van der Waals surface area (Å²) in [4.78, 5) is 23.1. The zero-order chi connectivity index (χ0) is 19.2. The van der Waals surface area contributed by atoms with Gasteiger partial charge in [-0.1, -0.05) is 17.6 Å². The van der Waals surface area contributed by atoms with E-state index >= 15 is 0 Å². The zero-order valence-corrected chi connectivity index (χ0v) is 14.4. The fourth-order valence-corrected chi connectivity index (χ4v) is 2.38. The van der Waals surface area contributed by atoms with Crippen molar-refractivity contribution < 1.29 is 24.3 Å². The number of rotatable bonds is 5. The predicted molar refractivity (Wildman–Crippen MR) is 101 cm³/mol. The maximum absolute atomic E-state index is 12.1. The summed E-state index contributed by atoms with van der Waals surface area (Å²) in [7, 11) is 1.91. The molecule has 0 fully saturated rings. The Morgan fingerprint density at radius 3 is 2.56 bits per heavy atom. The molecule has 0 spiro atoms. The van der Waals surface area contributed by atoms with Crippen LogP contribution in [0, 0.1) is 0 Å². The molecule has 1 heterocycles. The maximum atomic E-state index is 12.1. The molecule has 3 N–H and O–H groups in total. The van der Waals surface area contributed by atoms with Gasteiger partial charge in [-0.15, -0.1) is 0 Å². The molecule has 8 nitrogen and oxygen atoms in total. The van der Waals surface area contributed by atoms with Crippen LogP contribution in [0.5, 0.6) is 11.5 Å². The highest BCUT2D eigenvalue weighted by Gasteiger charge is 2.14. The molecule has 1 aliphatic rings. The van der Waals surface area contributed by atoms with Crippen LogP contribution in [0.3, 0.4) is 0 Å². The number of nitrogens with one attached hydrogen (secondary N) is 2. The standard InChI is InChI=1S/C18H16BN3O5/c19-14-8-16-15(26-10-27-16)7-13(14)9-20-21-18(24)12-4-1-11(2-5-12)3-6-17(23)22-25/h1-9,25H,10,19H2,(H,21,24)(H,22,23)/b6-3+,20-9+. The Labute approximate surface area is 155 Å². The predicted octanol–water partition coefficient (Wildman–Crippen LogP) is -0.0438. The Hall–Kier alpha value is -3.59. The number of ether oxygens (including phenoxy) is 2. The second-order valence-corrected chi connectivity index (χ2v) is 5.69. The lowest BCUT2D eigenvalue weighted by Gasteiger charge is -2.04. The highest BCUT2D eigenvalue weighted by molar-refractivity contribution is 6.35. The molecule has 0 unspecified atom stereocenters. The zero-order valence-electron chi connectivity index (χ0n) is 14.4. The Morgan fingerprint density at radius 1 is 1.15 bits per heavy atom. The highest BCUT2D eigenvalue weighted by Crippen LogP contribution is 2.30. The fourth-order valence-electron chi connectivity index (χ4n) is 2.38. The van der Waals surface area contributed by atoms with Crippen molar-refractivity contribution in [3.8, 4) is 11.5 Å². The third kappa shape index (κ3) is 4.53. The van der Waals surface area contributed by atoms with Crippen molar-refractivity contribution >= 4 is 37.4 Å².